The summed E-state index contributed by atoms with van der Waals surface area (Å²) in [5.41, 5.74) is 6.18. The van der Waals surface area contributed by atoms with Crippen LogP contribution in [0.1, 0.15) is 87.3 Å². The second kappa shape index (κ2) is 19.8. The molecule has 0 spiro atoms. The van der Waals surface area contributed by atoms with E-state index in [1.807, 2.05) is 24.3 Å². The smallest absolute Gasteiger partial charge is 0.433 e. The molecule has 77 heavy (non-hydrogen) atoms. The average molecular weight is 1050 g/mol. The predicted octanol–water partition coefficient (Wildman–Crippen LogP) is 7.89. The number of piperidine rings is 1. The zero-order chi connectivity index (χ0) is 54.1. The topological polar surface area (TPSA) is 194 Å². The summed E-state index contributed by atoms with van der Waals surface area (Å²) in [6, 6.07) is 16.6. The minimum Gasteiger partial charge on any atom is -0.478 e. The molecular weight excluding hydrogens is 994 g/mol. The number of benzene rings is 2. The lowest BCUT2D eigenvalue weighted by atomic mass is 9.90. The number of ether oxygens (including phenoxy) is 1. The van der Waals surface area contributed by atoms with E-state index in [2.05, 4.69) is 72.2 Å². The van der Waals surface area contributed by atoms with E-state index in [1.54, 1.807) is 41.6 Å². The standard InChI is InChI=1S/C56H57F3N12O6/c1-6-48(73)64-42-24-34(63-49-51(77-5)62-29-43(65-49)38-12-16-61-50(41(38)31-72)70-22-21-69-45(54(70)76)23-33-27-55(3,4)28-46(33)69)7-10-44(42)68-20-19-67(30-32(68)2)35-13-17-66(18-14-35)36-8-9-39-40(25-36)53(75)71(52(39)74)37-11-15-60-47(26-37)56(57,58)59/h6-12,15-16,23-26,29,32,35,72H,1,13-14,17-22,27-28,30-31H2,2-5H3,(H,63,65)(H,64,73)/t32-/m0/s1. The molecule has 2 saturated heterocycles. The van der Waals surface area contributed by atoms with E-state index in [0.717, 1.165) is 61.2 Å². The van der Waals surface area contributed by atoms with Gasteiger partial charge in [-0.25, -0.2) is 19.9 Å². The number of pyridine rings is 2. The van der Waals surface area contributed by atoms with Gasteiger partial charge < -0.3 is 34.8 Å². The number of nitrogens with zero attached hydrogens (tertiary/aromatic N) is 10. The van der Waals surface area contributed by atoms with Gasteiger partial charge >= 0.3 is 6.18 Å². The van der Waals surface area contributed by atoms with E-state index < -0.39 is 30.3 Å². The van der Waals surface area contributed by atoms with Crippen molar-refractivity contribution >= 4 is 63.7 Å². The third-order valence-corrected chi connectivity index (χ3v) is 15.5. The zero-order valence-electron chi connectivity index (χ0n) is 43.0. The normalized spacial score (nSPS) is 18.6. The molecular formula is C56H57F3N12O6. The van der Waals surface area contributed by atoms with E-state index in [1.165, 1.54) is 30.5 Å². The summed E-state index contributed by atoms with van der Waals surface area (Å²) in [6.07, 6.45) is 4.06. The second-order valence-corrected chi connectivity index (χ2v) is 20.9. The van der Waals surface area contributed by atoms with Gasteiger partial charge in [0.1, 0.15) is 17.2 Å². The van der Waals surface area contributed by atoms with Crippen LogP contribution < -0.4 is 35.0 Å². The fourth-order valence-corrected chi connectivity index (χ4v) is 11.8. The van der Waals surface area contributed by atoms with Gasteiger partial charge in [-0.3, -0.25) is 34.0 Å². The third kappa shape index (κ3) is 9.40. The lowest BCUT2D eigenvalue weighted by molar-refractivity contribution is -0.141. The Kier molecular flexibility index (Phi) is 13.1. The Balaban J connectivity index is 0.763. The summed E-state index contributed by atoms with van der Waals surface area (Å²) < 4.78 is 48.1. The Morgan fingerprint density at radius 1 is 0.870 bits per heavy atom. The number of aromatic nitrogens is 5. The highest BCUT2D eigenvalue weighted by Gasteiger charge is 2.41. The number of rotatable bonds is 12. The molecule has 0 unspecified atom stereocenters. The SMILES string of the molecule is C=CC(=O)Nc1cc(Nc2nc(-c3ccnc(N4CCn5c(cc6c5CC(C)(C)C6)C4=O)c3CO)cnc2OC)ccc1N1CCN(C2CCN(c3ccc4c(c3)C(=O)N(c3ccnc(C(F)(F)F)c3)C4=O)CC2)C[C@@H]1C. The number of nitrogens with one attached hydrogen (secondary N) is 2. The van der Waals surface area contributed by atoms with Crippen molar-refractivity contribution in [2.45, 2.75) is 77.9 Å². The number of hydrogen-bond donors (Lipinski definition) is 3. The number of piperazine rings is 1. The number of alkyl halides is 3. The van der Waals surface area contributed by atoms with Crippen molar-refractivity contribution in [2.75, 3.05) is 76.6 Å². The number of halogens is 3. The first-order valence-corrected chi connectivity index (χ1v) is 25.6. The number of aliphatic hydroxyl groups excluding tert-OH is 1. The average Bonchev–Trinajstić information content (AvgIpc) is 4.22. The molecule has 4 aliphatic heterocycles. The fraction of sp³-hybridized carbons (Fsp3) is 0.357. The lowest BCUT2D eigenvalue weighted by Crippen LogP contribution is -2.57. The first-order chi connectivity index (χ1) is 36.9. The van der Waals surface area contributed by atoms with Gasteiger partial charge in [-0.2, -0.15) is 13.2 Å². The van der Waals surface area contributed by atoms with Crippen LogP contribution in [0.5, 0.6) is 5.88 Å². The summed E-state index contributed by atoms with van der Waals surface area (Å²) in [6.45, 7) is 14.5. The van der Waals surface area contributed by atoms with Crippen LogP contribution in [0.4, 0.5) is 53.2 Å². The summed E-state index contributed by atoms with van der Waals surface area (Å²) in [5, 5.41) is 17.2. The first-order valence-electron chi connectivity index (χ1n) is 25.6. The first kappa shape index (κ1) is 51.0. The summed E-state index contributed by atoms with van der Waals surface area (Å²) in [5.74, 6) is -1.09. The van der Waals surface area contributed by atoms with Crippen LogP contribution in [0.25, 0.3) is 11.3 Å². The Bertz CT molecular complexity index is 3390. The molecule has 4 aromatic heterocycles. The van der Waals surface area contributed by atoms with Crippen LogP contribution in [0.2, 0.25) is 0 Å². The van der Waals surface area contributed by atoms with Crippen molar-refractivity contribution in [3.63, 3.8) is 0 Å². The Morgan fingerprint density at radius 2 is 1.65 bits per heavy atom. The maximum absolute atomic E-state index is 14.1. The second-order valence-electron chi connectivity index (χ2n) is 20.9. The van der Waals surface area contributed by atoms with Crippen LogP contribution in [0.3, 0.4) is 0 Å². The molecule has 5 aliphatic rings. The molecule has 6 aromatic rings. The summed E-state index contributed by atoms with van der Waals surface area (Å²) in [7, 11) is 1.49. The maximum Gasteiger partial charge on any atom is 0.433 e. The highest BCUT2D eigenvalue weighted by molar-refractivity contribution is 6.34. The number of anilines is 7. The molecule has 0 radical (unpaired) electrons. The Labute approximate surface area is 442 Å². The molecule has 0 bridgehead atoms. The fourth-order valence-electron chi connectivity index (χ4n) is 11.8. The van der Waals surface area contributed by atoms with E-state index in [-0.39, 0.29) is 57.8 Å². The lowest BCUT2D eigenvalue weighted by Gasteiger charge is -2.47. The number of carbonyl (C=O) groups excluding carboxylic acids is 4. The number of methoxy groups -OCH3 is 1. The van der Waals surface area contributed by atoms with Crippen LogP contribution >= 0.6 is 0 Å². The molecule has 11 rings (SSSR count). The molecule has 3 N–H and O–H groups in total. The van der Waals surface area contributed by atoms with E-state index in [9.17, 15) is 37.5 Å². The minimum atomic E-state index is -4.74. The van der Waals surface area contributed by atoms with E-state index in [0.29, 0.717) is 78.5 Å². The molecule has 1 atom stereocenters. The molecule has 0 saturated carbocycles. The number of carbonyl (C=O) groups is 4. The summed E-state index contributed by atoms with van der Waals surface area (Å²) in [4.78, 5) is 80.6. The molecule has 2 fully saturated rings. The largest absolute Gasteiger partial charge is 0.478 e. The van der Waals surface area contributed by atoms with Crippen LogP contribution in [0, 0.1) is 5.41 Å². The van der Waals surface area contributed by atoms with Gasteiger partial charge in [-0.15, -0.1) is 0 Å². The molecule has 2 aromatic carbocycles. The highest BCUT2D eigenvalue weighted by atomic mass is 19.4. The van der Waals surface area contributed by atoms with Crippen LogP contribution in [0.15, 0.2) is 91.9 Å². The molecule has 8 heterocycles. The Morgan fingerprint density at radius 3 is 2.39 bits per heavy atom. The van der Waals surface area contributed by atoms with Gasteiger partial charge in [0.15, 0.2) is 5.82 Å². The van der Waals surface area contributed by atoms with E-state index in [4.69, 9.17) is 9.72 Å². The van der Waals surface area contributed by atoms with Crippen LogP contribution in [-0.4, -0.2) is 117 Å². The molecule has 1 aliphatic carbocycles. The Hall–Kier alpha value is -8.17. The van der Waals surface area contributed by atoms with Gasteiger partial charge in [-0.1, -0.05) is 20.4 Å². The zero-order valence-corrected chi connectivity index (χ0v) is 43.0. The van der Waals surface area contributed by atoms with E-state index >= 15 is 0 Å². The van der Waals surface area contributed by atoms with Gasteiger partial charge in [0, 0.05) is 98.5 Å². The van der Waals surface area contributed by atoms with Gasteiger partial charge in [0.25, 0.3) is 23.6 Å². The minimum absolute atomic E-state index is 0.0447. The van der Waals surface area contributed by atoms with Crippen molar-refractivity contribution in [1.29, 1.82) is 0 Å². The number of fused-ring (bicyclic) bond motifs is 4. The number of amides is 4. The number of aliphatic hydroxyl groups is 1. The molecule has 398 valence electrons. The van der Waals surface area contributed by atoms with Gasteiger partial charge in [0.05, 0.1) is 53.8 Å². The van der Waals surface area contributed by atoms with Gasteiger partial charge in [0.2, 0.25) is 5.91 Å². The third-order valence-electron chi connectivity index (χ3n) is 15.5. The molecule has 4 amide bonds. The highest BCUT2D eigenvalue weighted by Crippen LogP contribution is 2.42. The van der Waals surface area contributed by atoms with Crippen molar-refractivity contribution in [2.24, 2.45) is 5.41 Å². The monoisotopic (exact) mass is 1050 g/mol. The molecule has 18 nitrogen and oxygen atoms in total. The maximum atomic E-state index is 14.1. The summed E-state index contributed by atoms with van der Waals surface area (Å²) >= 11 is 0. The molecule has 21 heteroatoms. The van der Waals surface area contributed by atoms with Crippen LogP contribution in [-0.2, 0) is 37.0 Å². The van der Waals surface area contributed by atoms with Crippen molar-refractivity contribution < 1.29 is 42.2 Å². The predicted molar refractivity (Wildman–Crippen MR) is 284 cm³/mol. The van der Waals surface area contributed by atoms with Crippen molar-refractivity contribution in [3.8, 4) is 17.1 Å². The number of imide groups is 1. The number of hydrogen-bond acceptors (Lipinski definition) is 14. The van der Waals surface area contributed by atoms with Crippen molar-refractivity contribution in [1.82, 2.24) is 29.4 Å². The quantitative estimate of drug-likeness (QED) is 0.0791. The van der Waals surface area contributed by atoms with Gasteiger partial charge in [-0.05, 0) is 110 Å². The van der Waals surface area contributed by atoms with Crippen molar-refractivity contribution in [3.05, 3.63) is 131 Å².